The van der Waals surface area contributed by atoms with Crippen molar-refractivity contribution in [2.75, 3.05) is 18.4 Å². The highest BCUT2D eigenvalue weighted by Gasteiger charge is 2.11. The molecule has 1 amide bonds. The van der Waals surface area contributed by atoms with Crippen molar-refractivity contribution in [3.8, 4) is 10.6 Å². The van der Waals surface area contributed by atoms with Gasteiger partial charge in [-0.1, -0.05) is 12.1 Å². The van der Waals surface area contributed by atoms with Crippen molar-refractivity contribution >= 4 is 28.9 Å². The number of nitrogens with one attached hydrogen (secondary N) is 3. The van der Waals surface area contributed by atoms with Gasteiger partial charge in [-0.25, -0.2) is 4.98 Å². The summed E-state index contributed by atoms with van der Waals surface area (Å²) in [7, 11) is 0. The molecule has 0 aliphatic heterocycles. The summed E-state index contributed by atoms with van der Waals surface area (Å²) < 4.78 is 0. The van der Waals surface area contributed by atoms with E-state index in [2.05, 4.69) is 30.9 Å². The molecule has 3 aromatic rings. The number of amides is 1. The first-order chi connectivity index (χ1) is 12.3. The summed E-state index contributed by atoms with van der Waals surface area (Å²) in [5.74, 6) is 0.977. The lowest BCUT2D eigenvalue weighted by Crippen LogP contribution is -2.26. The third-order valence-corrected chi connectivity index (χ3v) is 4.31. The molecule has 3 rings (SSSR count). The van der Waals surface area contributed by atoms with E-state index in [4.69, 9.17) is 5.53 Å². The van der Waals surface area contributed by atoms with Crippen molar-refractivity contribution in [3.05, 3.63) is 47.5 Å². The predicted octanol–water partition coefficient (Wildman–Crippen LogP) is 1.61. The smallest absolute Gasteiger partial charge is 0.271 e. The monoisotopic (exact) mass is 356 g/mol. The van der Waals surface area contributed by atoms with Gasteiger partial charge >= 0.3 is 0 Å². The molecule has 0 unspecified atom stereocenters. The molecule has 128 valence electrons. The zero-order chi connectivity index (χ0) is 17.5. The van der Waals surface area contributed by atoms with E-state index in [0.717, 1.165) is 17.0 Å². The Balaban J connectivity index is 1.41. The summed E-state index contributed by atoms with van der Waals surface area (Å²) in [4.78, 5) is 17.3. The van der Waals surface area contributed by atoms with Crippen LogP contribution in [0.2, 0.25) is 0 Å². The van der Waals surface area contributed by atoms with Gasteiger partial charge in [0.15, 0.2) is 5.69 Å². The van der Waals surface area contributed by atoms with Crippen LogP contribution in [0.25, 0.3) is 10.6 Å². The molecule has 5 N–H and O–H groups in total. The van der Waals surface area contributed by atoms with Crippen LogP contribution in [0.15, 0.2) is 46.9 Å². The number of aromatic amines is 1. The minimum absolute atomic E-state index is 0.193. The number of nitrogens with zero attached hydrogens (tertiary/aromatic N) is 3. The lowest BCUT2D eigenvalue weighted by atomic mass is 10.3. The van der Waals surface area contributed by atoms with Crippen LogP contribution in [0.4, 0.5) is 11.6 Å². The molecule has 0 aliphatic carbocycles. The summed E-state index contributed by atoms with van der Waals surface area (Å²) >= 11 is 1.59. The number of pyridine rings is 1. The first-order valence-corrected chi connectivity index (χ1v) is 8.63. The zero-order valence-corrected chi connectivity index (χ0v) is 14.2. The third-order valence-electron chi connectivity index (χ3n) is 3.41. The fraction of sp³-hybridized carbons (Fsp3) is 0.188. The average Bonchev–Trinajstić information content (AvgIpc) is 3.32. The van der Waals surface area contributed by atoms with Crippen LogP contribution >= 0.6 is 11.3 Å². The Morgan fingerprint density at radius 1 is 1.28 bits per heavy atom. The maximum absolute atomic E-state index is 12.1. The molecule has 0 saturated carbocycles. The number of H-pyrrole nitrogens is 1. The van der Waals surface area contributed by atoms with Gasteiger partial charge in [0.05, 0.1) is 10.6 Å². The molecule has 0 radical (unpaired) electrons. The Morgan fingerprint density at radius 3 is 3.00 bits per heavy atom. The Morgan fingerprint density at radius 2 is 2.20 bits per heavy atom. The zero-order valence-electron chi connectivity index (χ0n) is 13.4. The van der Waals surface area contributed by atoms with E-state index >= 15 is 0 Å². The normalized spacial score (nSPS) is 10.4. The second-order valence-electron chi connectivity index (χ2n) is 5.19. The summed E-state index contributed by atoms with van der Waals surface area (Å²) in [5, 5.41) is 18.5. The first-order valence-electron chi connectivity index (χ1n) is 7.75. The van der Waals surface area contributed by atoms with Crippen LogP contribution in [0.5, 0.6) is 0 Å². The van der Waals surface area contributed by atoms with Gasteiger partial charge in [-0.15, -0.1) is 11.3 Å². The summed E-state index contributed by atoms with van der Waals surface area (Å²) in [6.07, 6.45) is 0.750. The lowest BCUT2D eigenvalue weighted by molar-refractivity contribution is -0.211. The molecule has 25 heavy (non-hydrogen) atoms. The molecule has 0 spiro atoms. The van der Waals surface area contributed by atoms with Gasteiger partial charge in [0.1, 0.15) is 5.82 Å². The first kappa shape index (κ1) is 16.8. The molecule has 0 aliphatic rings. The standard InChI is InChI=1S/C16H17N7OS/c17-21-15-6-1-5-14(20-15)18-7-3-8-19-16(24)12-10-11(22-23-12)13-4-2-9-25-13/h1-2,4-6,9-10,17H,3,7-8H2,(H,18,20)(H,19,24)(H,22,23)/p+1. The predicted molar refractivity (Wildman–Crippen MR) is 95.6 cm³/mol. The molecule has 8 nitrogen and oxygen atoms in total. The minimum Gasteiger partial charge on any atom is -0.370 e. The van der Waals surface area contributed by atoms with Crippen LogP contribution in [0.3, 0.4) is 0 Å². The second kappa shape index (κ2) is 8.15. The number of hydrogen-bond donors (Lipinski definition) is 4. The Hall–Kier alpha value is -3.07. The Labute approximate surface area is 148 Å². The number of anilines is 1. The second-order valence-corrected chi connectivity index (χ2v) is 6.14. The maximum atomic E-state index is 12.1. The Kier molecular flexibility index (Phi) is 5.47. The lowest BCUT2D eigenvalue weighted by Gasteiger charge is -2.06. The van der Waals surface area contributed by atoms with Gasteiger partial charge in [0.25, 0.3) is 5.91 Å². The van der Waals surface area contributed by atoms with Crippen LogP contribution < -0.4 is 16.2 Å². The highest BCUT2D eigenvalue weighted by Crippen LogP contribution is 2.22. The van der Waals surface area contributed by atoms with E-state index in [1.165, 1.54) is 0 Å². The third kappa shape index (κ3) is 4.48. The summed E-state index contributed by atoms with van der Waals surface area (Å²) in [6.45, 7) is 1.20. The fourth-order valence-corrected chi connectivity index (χ4v) is 2.88. The number of aromatic nitrogens is 3. The van der Waals surface area contributed by atoms with E-state index in [-0.39, 0.29) is 5.91 Å². The maximum Gasteiger partial charge on any atom is 0.271 e. The van der Waals surface area contributed by atoms with Crippen LogP contribution in [0.1, 0.15) is 16.9 Å². The fourth-order valence-electron chi connectivity index (χ4n) is 2.19. The van der Waals surface area contributed by atoms with Gasteiger partial charge in [-0.05, 0) is 36.1 Å². The number of rotatable bonds is 8. The van der Waals surface area contributed by atoms with E-state index in [1.807, 2.05) is 29.6 Å². The highest BCUT2D eigenvalue weighted by molar-refractivity contribution is 7.13. The highest BCUT2D eigenvalue weighted by atomic mass is 32.1. The van der Waals surface area contributed by atoms with Crippen molar-refractivity contribution in [2.24, 2.45) is 5.11 Å². The molecular weight excluding hydrogens is 338 g/mol. The van der Waals surface area contributed by atoms with Crippen LogP contribution in [-0.4, -0.2) is 34.2 Å². The Bertz CT molecular complexity index is 844. The molecule has 0 fully saturated rings. The van der Waals surface area contributed by atoms with Gasteiger partial charge in [-0.3, -0.25) is 9.89 Å². The SMILES string of the molecule is [NH2+]=Nc1cccc(NCCCNC(=O)c2cc(-c3cccs3)[nH]n2)n1. The number of thiophene rings is 1. The number of carbonyl (C=O) groups is 1. The molecule has 0 atom stereocenters. The molecule has 0 saturated heterocycles. The van der Waals surface area contributed by atoms with Gasteiger partial charge in [-0.2, -0.15) is 10.6 Å². The van der Waals surface area contributed by atoms with Crippen molar-refractivity contribution in [3.63, 3.8) is 0 Å². The van der Waals surface area contributed by atoms with E-state index < -0.39 is 0 Å². The summed E-state index contributed by atoms with van der Waals surface area (Å²) in [5.41, 5.74) is 6.43. The van der Waals surface area contributed by atoms with Crippen molar-refractivity contribution in [1.82, 2.24) is 20.5 Å². The average molecular weight is 356 g/mol. The molecule has 9 heteroatoms. The molecule has 3 aromatic heterocycles. The quantitative estimate of drug-likeness (QED) is 0.362. The number of nitrogens with two attached hydrogens (primary N) is 1. The summed E-state index contributed by atoms with van der Waals surface area (Å²) in [6, 6.07) is 11.1. The van der Waals surface area contributed by atoms with Crippen LogP contribution in [-0.2, 0) is 0 Å². The van der Waals surface area contributed by atoms with E-state index in [9.17, 15) is 4.79 Å². The largest absolute Gasteiger partial charge is 0.370 e. The van der Waals surface area contributed by atoms with Crippen LogP contribution in [0, 0.1) is 0 Å². The number of hydrogen-bond acceptors (Lipinski definition) is 6. The van der Waals surface area contributed by atoms with Gasteiger partial charge < -0.3 is 10.6 Å². The number of carbonyl (C=O) groups excluding carboxylic acids is 1. The van der Waals surface area contributed by atoms with Gasteiger partial charge in [0.2, 0.25) is 5.82 Å². The topological polar surface area (TPSA) is 121 Å². The molecule has 3 heterocycles. The molecule has 0 aromatic carbocycles. The van der Waals surface area contributed by atoms with Crippen molar-refractivity contribution in [1.29, 1.82) is 0 Å². The van der Waals surface area contributed by atoms with Crippen molar-refractivity contribution in [2.45, 2.75) is 6.42 Å². The van der Waals surface area contributed by atoms with E-state index in [1.54, 1.807) is 23.5 Å². The van der Waals surface area contributed by atoms with Crippen molar-refractivity contribution < 1.29 is 10.3 Å². The molecular formula is C16H18N7OS+. The molecule has 0 bridgehead atoms. The van der Waals surface area contributed by atoms with E-state index in [0.29, 0.717) is 30.4 Å². The minimum atomic E-state index is -0.193. The van der Waals surface area contributed by atoms with Gasteiger partial charge in [0, 0.05) is 18.2 Å².